The number of hydrogen-bond acceptors (Lipinski definition) is 5. The highest BCUT2D eigenvalue weighted by Gasteiger charge is 2.06. The summed E-state index contributed by atoms with van der Waals surface area (Å²) in [5.41, 5.74) is 1.94. The number of hydrogen-bond donors (Lipinski definition) is 1. The highest BCUT2D eigenvalue weighted by molar-refractivity contribution is 5.37. The summed E-state index contributed by atoms with van der Waals surface area (Å²) in [5.74, 6) is 1.46. The largest absolute Gasteiger partial charge is 0.475 e. The SMILES string of the molecule is Cc1cc(NCc2cccnc2OC(C)C)ncn1. The Kier molecular flexibility index (Phi) is 4.28. The number of aromatic nitrogens is 3. The molecular formula is C14H18N4O. The molecule has 0 amide bonds. The van der Waals surface area contributed by atoms with Gasteiger partial charge in [-0.05, 0) is 26.8 Å². The van der Waals surface area contributed by atoms with Crippen molar-refractivity contribution in [2.75, 3.05) is 5.32 Å². The van der Waals surface area contributed by atoms with Crippen molar-refractivity contribution >= 4 is 5.82 Å². The van der Waals surface area contributed by atoms with Crippen molar-refractivity contribution in [3.8, 4) is 5.88 Å². The molecule has 2 heterocycles. The first kappa shape index (κ1) is 13.3. The van der Waals surface area contributed by atoms with E-state index >= 15 is 0 Å². The molecule has 5 nitrogen and oxygen atoms in total. The van der Waals surface area contributed by atoms with Gasteiger partial charge in [-0.1, -0.05) is 6.07 Å². The Balaban J connectivity index is 2.07. The Morgan fingerprint density at radius 2 is 2.11 bits per heavy atom. The van der Waals surface area contributed by atoms with E-state index in [0.717, 1.165) is 17.1 Å². The van der Waals surface area contributed by atoms with Gasteiger partial charge in [-0.15, -0.1) is 0 Å². The highest BCUT2D eigenvalue weighted by atomic mass is 16.5. The summed E-state index contributed by atoms with van der Waals surface area (Å²) in [5, 5.41) is 3.24. The smallest absolute Gasteiger partial charge is 0.218 e. The molecule has 100 valence electrons. The van der Waals surface area contributed by atoms with Crippen LogP contribution in [0.1, 0.15) is 25.1 Å². The third-order valence-corrected chi connectivity index (χ3v) is 2.46. The average molecular weight is 258 g/mol. The fourth-order valence-corrected chi connectivity index (χ4v) is 1.63. The lowest BCUT2D eigenvalue weighted by Crippen LogP contribution is -2.11. The summed E-state index contributed by atoms with van der Waals surface area (Å²) in [6, 6.07) is 5.79. The van der Waals surface area contributed by atoms with Crippen LogP contribution in [0.5, 0.6) is 5.88 Å². The van der Waals surface area contributed by atoms with Gasteiger partial charge in [-0.25, -0.2) is 15.0 Å². The number of ether oxygens (including phenoxy) is 1. The Morgan fingerprint density at radius 3 is 2.84 bits per heavy atom. The predicted octanol–water partition coefficient (Wildman–Crippen LogP) is 2.58. The molecule has 0 unspecified atom stereocenters. The molecule has 0 bridgehead atoms. The molecule has 2 aromatic rings. The lowest BCUT2D eigenvalue weighted by atomic mass is 10.2. The minimum Gasteiger partial charge on any atom is -0.475 e. The van der Waals surface area contributed by atoms with Crippen molar-refractivity contribution < 1.29 is 4.74 Å². The maximum atomic E-state index is 5.67. The van der Waals surface area contributed by atoms with Gasteiger partial charge < -0.3 is 10.1 Å². The minimum absolute atomic E-state index is 0.106. The third-order valence-electron chi connectivity index (χ3n) is 2.46. The van der Waals surface area contributed by atoms with E-state index in [2.05, 4.69) is 20.3 Å². The Labute approximate surface area is 113 Å². The van der Waals surface area contributed by atoms with Crippen LogP contribution in [0.4, 0.5) is 5.82 Å². The number of rotatable bonds is 5. The van der Waals surface area contributed by atoms with E-state index in [9.17, 15) is 0 Å². The van der Waals surface area contributed by atoms with Crippen LogP contribution >= 0.6 is 0 Å². The monoisotopic (exact) mass is 258 g/mol. The second-order valence-electron chi connectivity index (χ2n) is 4.53. The van der Waals surface area contributed by atoms with Crippen molar-refractivity contribution in [2.24, 2.45) is 0 Å². The molecule has 19 heavy (non-hydrogen) atoms. The van der Waals surface area contributed by atoms with Gasteiger partial charge in [0.2, 0.25) is 5.88 Å². The maximum Gasteiger partial charge on any atom is 0.218 e. The molecule has 0 aliphatic rings. The third kappa shape index (κ3) is 3.91. The molecule has 0 aliphatic heterocycles. The number of nitrogens with one attached hydrogen (secondary N) is 1. The van der Waals surface area contributed by atoms with Gasteiger partial charge in [0, 0.05) is 30.1 Å². The van der Waals surface area contributed by atoms with Gasteiger partial charge in [-0.2, -0.15) is 0 Å². The van der Waals surface area contributed by atoms with Crippen molar-refractivity contribution in [1.29, 1.82) is 0 Å². The van der Waals surface area contributed by atoms with Crippen LogP contribution in [0.2, 0.25) is 0 Å². The lowest BCUT2D eigenvalue weighted by molar-refractivity contribution is 0.230. The minimum atomic E-state index is 0.106. The average Bonchev–Trinajstić information content (AvgIpc) is 2.37. The van der Waals surface area contributed by atoms with Gasteiger partial charge in [-0.3, -0.25) is 0 Å². The lowest BCUT2D eigenvalue weighted by Gasteiger charge is -2.13. The molecule has 0 fully saturated rings. The first-order valence-corrected chi connectivity index (χ1v) is 6.28. The van der Waals surface area contributed by atoms with Gasteiger partial charge in [0.05, 0.1) is 6.10 Å². The number of nitrogens with zero attached hydrogens (tertiary/aromatic N) is 3. The molecule has 2 rings (SSSR count). The van der Waals surface area contributed by atoms with Crippen LogP contribution in [0.15, 0.2) is 30.7 Å². The standard InChI is InChI=1S/C14H18N4O/c1-10(2)19-14-12(5-4-6-15-14)8-16-13-7-11(3)17-9-18-13/h4-7,9-10H,8H2,1-3H3,(H,16,17,18). The Morgan fingerprint density at radius 1 is 1.26 bits per heavy atom. The number of pyridine rings is 1. The molecule has 0 radical (unpaired) electrons. The highest BCUT2D eigenvalue weighted by Crippen LogP contribution is 2.17. The first-order chi connectivity index (χ1) is 9.15. The maximum absolute atomic E-state index is 5.67. The summed E-state index contributed by atoms with van der Waals surface area (Å²) in [6.07, 6.45) is 3.39. The van der Waals surface area contributed by atoms with Crippen molar-refractivity contribution in [2.45, 2.75) is 33.4 Å². The zero-order valence-corrected chi connectivity index (χ0v) is 11.4. The fraction of sp³-hybridized carbons (Fsp3) is 0.357. The van der Waals surface area contributed by atoms with Gasteiger partial charge in [0.1, 0.15) is 12.1 Å². The second kappa shape index (κ2) is 6.13. The molecular weight excluding hydrogens is 240 g/mol. The molecule has 0 aliphatic carbocycles. The summed E-state index contributed by atoms with van der Waals surface area (Å²) < 4.78 is 5.67. The molecule has 2 aromatic heterocycles. The Bertz CT molecular complexity index is 542. The van der Waals surface area contributed by atoms with E-state index in [1.807, 2.05) is 39.0 Å². The van der Waals surface area contributed by atoms with Crippen molar-refractivity contribution in [3.63, 3.8) is 0 Å². The number of anilines is 1. The molecule has 0 atom stereocenters. The molecule has 0 saturated heterocycles. The first-order valence-electron chi connectivity index (χ1n) is 6.28. The van der Waals surface area contributed by atoms with Gasteiger partial charge in [0.25, 0.3) is 0 Å². The normalized spacial score (nSPS) is 10.5. The summed E-state index contributed by atoms with van der Waals surface area (Å²) in [6.45, 7) is 6.52. The van der Waals surface area contributed by atoms with Crippen LogP contribution in [0, 0.1) is 6.92 Å². The predicted molar refractivity (Wildman–Crippen MR) is 74.1 cm³/mol. The zero-order valence-electron chi connectivity index (χ0n) is 11.4. The summed E-state index contributed by atoms with van der Waals surface area (Å²) in [7, 11) is 0. The fourth-order valence-electron chi connectivity index (χ4n) is 1.63. The summed E-state index contributed by atoms with van der Waals surface area (Å²) >= 11 is 0. The Hall–Kier alpha value is -2.17. The zero-order chi connectivity index (χ0) is 13.7. The van der Waals surface area contributed by atoms with Gasteiger partial charge in [0.15, 0.2) is 0 Å². The van der Waals surface area contributed by atoms with E-state index in [1.54, 1.807) is 12.5 Å². The molecule has 0 spiro atoms. The topological polar surface area (TPSA) is 59.9 Å². The molecule has 5 heteroatoms. The van der Waals surface area contributed by atoms with Crippen molar-refractivity contribution in [3.05, 3.63) is 42.0 Å². The second-order valence-corrected chi connectivity index (χ2v) is 4.53. The van der Waals surface area contributed by atoms with E-state index < -0.39 is 0 Å². The van der Waals surface area contributed by atoms with Gasteiger partial charge >= 0.3 is 0 Å². The number of aryl methyl sites for hydroxylation is 1. The molecule has 1 N–H and O–H groups in total. The van der Waals surface area contributed by atoms with Crippen LogP contribution in [0.3, 0.4) is 0 Å². The van der Waals surface area contributed by atoms with Crippen LogP contribution < -0.4 is 10.1 Å². The van der Waals surface area contributed by atoms with Crippen LogP contribution in [0.25, 0.3) is 0 Å². The van der Waals surface area contributed by atoms with E-state index in [0.29, 0.717) is 12.4 Å². The van der Waals surface area contributed by atoms with E-state index in [4.69, 9.17) is 4.74 Å². The van der Waals surface area contributed by atoms with E-state index in [1.165, 1.54) is 0 Å². The quantitative estimate of drug-likeness (QED) is 0.893. The van der Waals surface area contributed by atoms with Crippen LogP contribution in [-0.4, -0.2) is 21.1 Å². The molecule has 0 saturated carbocycles. The molecule has 0 aromatic carbocycles. The van der Waals surface area contributed by atoms with Crippen molar-refractivity contribution in [1.82, 2.24) is 15.0 Å². The summed E-state index contributed by atoms with van der Waals surface area (Å²) in [4.78, 5) is 12.5. The van der Waals surface area contributed by atoms with E-state index in [-0.39, 0.29) is 6.10 Å². The van der Waals surface area contributed by atoms with Crippen LogP contribution in [-0.2, 0) is 6.54 Å².